The number of aliphatic hydroxyl groups excluding tert-OH is 6. The molecule has 0 aliphatic carbocycles. The van der Waals surface area contributed by atoms with Crippen LogP contribution >= 0.6 is 23.5 Å². The third-order valence-corrected chi connectivity index (χ3v) is 18.5. The van der Waals surface area contributed by atoms with Gasteiger partial charge in [-0.1, -0.05) is 60.7 Å². The van der Waals surface area contributed by atoms with E-state index in [0.717, 1.165) is 25.0 Å². The van der Waals surface area contributed by atoms with Gasteiger partial charge in [0.2, 0.25) is 11.8 Å². The zero-order valence-corrected chi connectivity index (χ0v) is 56.4. The number of nitrogens with one attached hydrogen (secondary N) is 6. The predicted molar refractivity (Wildman–Crippen MR) is 363 cm³/mol. The summed E-state index contributed by atoms with van der Waals surface area (Å²) in [5, 5.41) is 112. The molecule has 6 amide bonds. The van der Waals surface area contributed by atoms with Gasteiger partial charge in [0, 0.05) is 92.2 Å². The Morgan fingerprint density at radius 3 is 1.05 bits per heavy atom. The molecule has 7 rings (SSSR count). The predicted octanol–water partition coefficient (Wildman–Crippen LogP) is 1.84. The third-order valence-electron chi connectivity index (χ3n) is 16.3. The summed E-state index contributed by atoms with van der Waals surface area (Å²) >= 11 is 2.81. The number of ketones is 1. The summed E-state index contributed by atoms with van der Waals surface area (Å²) in [6, 6.07) is 28.9. The monoisotopic (exact) mass is 1430 g/mol. The first-order valence-electron chi connectivity index (χ1n) is 31.9. The second kappa shape index (κ2) is 37.1. The summed E-state index contributed by atoms with van der Waals surface area (Å²) < 4.78 is 23.1. The topological polar surface area (TPSA) is 462 Å². The first-order chi connectivity index (χ1) is 47.6. The molecule has 15 N–H and O–H groups in total. The molecule has 2 aliphatic heterocycles. The number of thioether (sulfide) groups is 2. The lowest BCUT2D eigenvalue weighted by Crippen LogP contribution is -2.68. The molecule has 5 aromatic carbocycles. The number of carbonyl (C=O) groups excluding carboxylic acids is 7. The van der Waals surface area contributed by atoms with Gasteiger partial charge in [-0.3, -0.25) is 33.6 Å². The number of amides is 6. The zero-order valence-electron chi connectivity index (χ0n) is 54.8. The summed E-state index contributed by atoms with van der Waals surface area (Å²) in [5.74, 6) is -11.2. The van der Waals surface area contributed by atoms with E-state index in [0.29, 0.717) is 39.7 Å². The second-order valence-corrected chi connectivity index (χ2v) is 26.2. The summed E-state index contributed by atoms with van der Waals surface area (Å²) in [6.45, 7) is 2.65. The zero-order chi connectivity index (χ0) is 72.8. The highest BCUT2D eigenvalue weighted by molar-refractivity contribution is 7.99. The lowest BCUT2D eigenvalue weighted by atomic mass is 9.88. The number of aliphatic hydroxyl groups is 6. The van der Waals surface area contributed by atoms with Crippen LogP contribution in [0.25, 0.3) is 22.3 Å². The van der Waals surface area contributed by atoms with Gasteiger partial charge in [0.15, 0.2) is 5.78 Å². The van der Waals surface area contributed by atoms with Crippen molar-refractivity contribution in [3.8, 4) is 22.3 Å². The molecule has 0 aromatic heterocycles. The first-order valence-corrected chi connectivity index (χ1v) is 34.2. The van der Waals surface area contributed by atoms with Gasteiger partial charge in [0.1, 0.15) is 24.4 Å². The number of hydrogen-bond donors (Lipinski definition) is 15. The van der Waals surface area contributed by atoms with Gasteiger partial charge in [-0.05, 0) is 114 Å². The van der Waals surface area contributed by atoms with Crippen molar-refractivity contribution < 1.29 is 113 Å². The number of benzene rings is 5. The molecule has 31 heteroatoms. The summed E-state index contributed by atoms with van der Waals surface area (Å²) in [4.78, 5) is 125. The smallest absolute Gasteiger partial charge is 0.364 e. The van der Waals surface area contributed by atoms with E-state index >= 15 is 0 Å². The Labute approximate surface area is 583 Å². The maximum Gasteiger partial charge on any atom is 0.364 e. The second-order valence-electron chi connectivity index (χ2n) is 23.7. The molecule has 12 atom stereocenters. The molecule has 100 heavy (non-hydrogen) atoms. The van der Waals surface area contributed by atoms with Crippen LogP contribution in [0.2, 0.25) is 0 Å². The van der Waals surface area contributed by atoms with E-state index < -0.39 is 152 Å². The fourth-order valence-corrected chi connectivity index (χ4v) is 12.5. The van der Waals surface area contributed by atoms with Crippen LogP contribution < -0.4 is 31.9 Å². The van der Waals surface area contributed by atoms with Crippen molar-refractivity contribution in [2.75, 3.05) is 62.4 Å². The van der Waals surface area contributed by atoms with Crippen LogP contribution in [0.1, 0.15) is 109 Å². The Bertz CT molecular complexity index is 3410. The van der Waals surface area contributed by atoms with Gasteiger partial charge in [-0.15, -0.1) is 0 Å². The standard InChI is InChI=1S/C69H82N6O23S2/c1-38(76)41-6-8-42(9-7-41)43-10-16-48(17-11-43)63(87)72-36-53(81)57(83)59-55(74-39(2)77)51(79)34-68(97-59,66(91)92)95-28-4-30-99-32-26-70-61(85)46-20-22-47(23-21-46)62(86)71-27-33-100-31-5-29-96-69(67(93)94)35-52(80)56(75-40(3)78)60(98-69)58(84)54(82)37-73-64(88)49-18-12-44(13-19-49)45-14-24-50(25-15-45)65(89)90/h6-25,51-60,79-84H,4-5,26-37H2,1-3H3,(H,70,85)(H,71,86)(H,72,87)(H,73,88)(H,74,77)(H,75,78)(H,89,90)(H,91,92)(H,93,94)/t51-,52-,53-,54+,55+,56+,57+,58+,59+,60+,68+,69+/m0/s1. The van der Waals surface area contributed by atoms with Crippen molar-refractivity contribution in [1.29, 1.82) is 0 Å². The molecule has 2 heterocycles. The number of aromatic carboxylic acids is 1. The van der Waals surface area contributed by atoms with E-state index in [2.05, 4.69) is 31.9 Å². The maximum atomic E-state index is 13.1. The highest BCUT2D eigenvalue weighted by atomic mass is 32.2. The third kappa shape index (κ3) is 21.7. The fraction of sp³-hybridized carbons (Fsp3) is 0.420. The van der Waals surface area contributed by atoms with Crippen LogP contribution in [0.4, 0.5) is 0 Å². The Morgan fingerprint density at radius 2 is 0.750 bits per heavy atom. The van der Waals surface area contributed by atoms with Crippen LogP contribution in [-0.4, -0.2) is 240 Å². The molecule has 2 fully saturated rings. The quantitative estimate of drug-likeness (QED) is 0.0201. The summed E-state index contributed by atoms with van der Waals surface area (Å²) in [5.41, 5.74) is 4.55. The van der Waals surface area contributed by atoms with E-state index in [-0.39, 0.29) is 72.7 Å². The number of carboxylic acid groups (broad SMARTS) is 3. The molecule has 0 bridgehead atoms. The lowest BCUT2D eigenvalue weighted by molar-refractivity contribution is -0.310. The van der Waals surface area contributed by atoms with Crippen LogP contribution in [0.5, 0.6) is 0 Å². The van der Waals surface area contributed by atoms with Gasteiger partial charge in [0.25, 0.3) is 35.2 Å². The highest BCUT2D eigenvalue weighted by Gasteiger charge is 2.57. The Morgan fingerprint density at radius 1 is 0.450 bits per heavy atom. The van der Waals surface area contributed by atoms with Gasteiger partial charge in [-0.2, -0.15) is 23.5 Å². The van der Waals surface area contributed by atoms with Crippen LogP contribution in [0.3, 0.4) is 0 Å². The molecule has 0 radical (unpaired) electrons. The van der Waals surface area contributed by atoms with Crippen molar-refractivity contribution in [3.05, 3.63) is 155 Å². The Balaban J connectivity index is 0.777. The SMILES string of the molecule is CC(=O)N[C@H]1[C@H]([C@H](O)[C@H](O)CNC(=O)c2ccc(-c3ccc(C(=O)O)cc3)cc2)O[C@@](OCCCSCCNC(=O)c2ccc(C(=O)NCCSCCCO[C@]3(C(=O)O)C[C@H](O)[C@@H](NC(C)=O)[C@H]([C@H](O)[C@@H](O)CNC(=O)c4ccc(-c5ccc(C(C)=O)cc5)cc4)O3)cc2)(C(=O)O)C[C@@H]1O. The molecule has 5 aromatic rings. The van der Waals surface area contributed by atoms with E-state index in [1.54, 1.807) is 72.8 Å². The molecule has 2 saturated heterocycles. The fourth-order valence-electron chi connectivity index (χ4n) is 11.0. The number of carbonyl (C=O) groups is 10. The molecule has 29 nitrogen and oxygen atoms in total. The van der Waals surface area contributed by atoms with Gasteiger partial charge in [-0.25, -0.2) is 14.4 Å². The van der Waals surface area contributed by atoms with E-state index in [1.807, 2.05) is 0 Å². The van der Waals surface area contributed by atoms with Crippen molar-refractivity contribution >= 4 is 82.7 Å². The molecule has 0 spiro atoms. The molecule has 0 saturated carbocycles. The average Bonchev–Trinajstić information content (AvgIpc) is 0.776. The average molecular weight is 1430 g/mol. The minimum absolute atomic E-state index is 0.0801. The van der Waals surface area contributed by atoms with Gasteiger partial charge >= 0.3 is 17.9 Å². The lowest BCUT2D eigenvalue weighted by Gasteiger charge is -2.46. The molecular formula is C69H82N6O23S2. The summed E-state index contributed by atoms with van der Waals surface area (Å²) in [7, 11) is 0. The molecule has 0 unspecified atom stereocenters. The summed E-state index contributed by atoms with van der Waals surface area (Å²) in [6.07, 6.45) is -15.1. The molecule has 2 aliphatic rings. The number of rotatable bonds is 36. The van der Waals surface area contributed by atoms with Crippen molar-refractivity contribution in [3.63, 3.8) is 0 Å². The maximum absolute atomic E-state index is 13.1. The van der Waals surface area contributed by atoms with E-state index in [4.69, 9.17) is 18.9 Å². The van der Waals surface area contributed by atoms with Gasteiger partial charge in [0.05, 0.1) is 55.3 Å². The van der Waals surface area contributed by atoms with Crippen molar-refractivity contribution in [1.82, 2.24) is 31.9 Å². The molecular weight excluding hydrogens is 1340 g/mol. The number of ether oxygens (including phenoxy) is 4. The number of hydrogen-bond acceptors (Lipinski definition) is 22. The van der Waals surface area contributed by atoms with Crippen molar-refractivity contribution in [2.24, 2.45) is 0 Å². The highest BCUT2D eigenvalue weighted by Crippen LogP contribution is 2.36. The minimum Gasteiger partial charge on any atom is -0.478 e. The van der Waals surface area contributed by atoms with E-state index in [9.17, 15) is 93.9 Å². The minimum atomic E-state index is -2.53. The van der Waals surface area contributed by atoms with Crippen molar-refractivity contribution in [2.45, 2.75) is 119 Å². The Hall–Kier alpha value is -8.70. The van der Waals surface area contributed by atoms with Gasteiger partial charge < -0.3 is 96.8 Å². The normalized spacial score (nSPS) is 21.6. The Kier molecular flexibility index (Phi) is 29.2. The number of aliphatic carboxylic acids is 2. The first kappa shape index (κ1) is 78.6. The van der Waals surface area contributed by atoms with Crippen LogP contribution in [0.15, 0.2) is 121 Å². The largest absolute Gasteiger partial charge is 0.478 e. The van der Waals surface area contributed by atoms with E-state index in [1.165, 1.54) is 79.0 Å². The number of carboxylic acids is 3. The van der Waals surface area contributed by atoms with Crippen LogP contribution in [0, 0.1) is 0 Å². The number of Topliss-reactive ketones (excluding diaryl/α,β-unsaturated/α-hetero) is 1. The van der Waals surface area contributed by atoms with Crippen LogP contribution in [-0.2, 0) is 38.1 Å². The molecule has 538 valence electrons.